The molecule has 0 bridgehead atoms. The van der Waals surface area contributed by atoms with E-state index in [2.05, 4.69) is 114 Å². The molecule has 7 aromatic rings. The third kappa shape index (κ3) is 12.2. The van der Waals surface area contributed by atoms with Gasteiger partial charge in [-0.25, -0.2) is 0 Å². The Hall–Kier alpha value is -6.60. The van der Waals surface area contributed by atoms with Gasteiger partial charge in [0.15, 0.2) is 0 Å². The molecule has 0 fully saturated rings. The van der Waals surface area contributed by atoms with Crippen molar-refractivity contribution in [2.75, 3.05) is 0 Å². The molecule has 300 valence electrons. The fraction of sp³-hybridized carbons (Fsp3) is 0.188. The third-order valence-electron chi connectivity index (χ3n) is 8.51. The van der Waals surface area contributed by atoms with Gasteiger partial charge < -0.3 is 12.4 Å². The number of benzene rings is 1. The molecular formula is C48H45ClCuN9. The van der Waals surface area contributed by atoms with E-state index in [0.717, 1.165) is 101 Å². The first-order valence-electron chi connectivity index (χ1n) is 18.3. The molecule has 1 aromatic carbocycles. The third-order valence-corrected chi connectivity index (χ3v) is 8.51. The summed E-state index contributed by atoms with van der Waals surface area (Å²) in [6, 6.07) is 30.4. The molecule has 11 heteroatoms. The molecular weight excluding hydrogens is 802 g/mol. The molecule has 7 rings (SSSR count). The molecule has 0 spiro atoms. The van der Waals surface area contributed by atoms with Crippen LogP contribution in [0.3, 0.4) is 0 Å². The van der Waals surface area contributed by atoms with Crippen molar-refractivity contribution in [3.63, 3.8) is 0 Å². The van der Waals surface area contributed by atoms with Gasteiger partial charge in [0.2, 0.25) is 0 Å². The Bertz CT molecular complexity index is 2060. The predicted octanol–water partition coefficient (Wildman–Crippen LogP) is 8.50. The van der Waals surface area contributed by atoms with E-state index < -0.39 is 0 Å². The number of halogens is 1. The van der Waals surface area contributed by atoms with Gasteiger partial charge in [-0.1, -0.05) is 36.4 Å². The van der Waals surface area contributed by atoms with Gasteiger partial charge in [-0.3, -0.25) is 29.9 Å². The fourth-order valence-corrected chi connectivity index (χ4v) is 5.98. The summed E-state index contributed by atoms with van der Waals surface area (Å²) in [5.41, 5.74) is 16.7. The van der Waals surface area contributed by atoms with Crippen LogP contribution in [0.4, 0.5) is 0 Å². The number of hydrogen-bond acceptors (Lipinski definition) is 9. The van der Waals surface area contributed by atoms with Crippen LogP contribution in [0.15, 0.2) is 110 Å². The predicted molar refractivity (Wildman–Crippen MR) is 228 cm³/mol. The number of pyridine rings is 6. The van der Waals surface area contributed by atoms with Crippen molar-refractivity contribution < 1.29 is 29.5 Å². The maximum Gasteiger partial charge on any atom is 1.00 e. The molecule has 0 radical (unpaired) electrons. The maximum absolute atomic E-state index is 7.32. The quantitative estimate of drug-likeness (QED) is 0.150. The molecule has 0 aliphatic heterocycles. The Morgan fingerprint density at radius 1 is 0.305 bits per heavy atom. The number of rotatable bonds is 6. The second kappa shape index (κ2) is 23.6. The van der Waals surface area contributed by atoms with Crippen molar-refractivity contribution in [1.82, 2.24) is 29.9 Å². The SMILES string of the molecule is CC#N.CC#N.CC#N.Cc1ccc(-c2c(-c3ccc(C)cn3)c(-c3ccc(C)cn3)c(-c3ccc(C)cn3)c(-c3ccc(C)cn3)c2-c2ccc(C)cn2)nc1.[Cl-].[Cu+]. The van der Waals surface area contributed by atoms with E-state index in [1.165, 1.54) is 20.8 Å². The zero-order valence-electron chi connectivity index (χ0n) is 34.6. The average Bonchev–Trinajstić information content (AvgIpc) is 3.20. The fourth-order valence-electron chi connectivity index (χ4n) is 5.98. The van der Waals surface area contributed by atoms with E-state index in [0.29, 0.717) is 0 Å². The Morgan fingerprint density at radius 3 is 0.508 bits per heavy atom. The summed E-state index contributed by atoms with van der Waals surface area (Å²) in [7, 11) is 0. The van der Waals surface area contributed by atoms with E-state index in [1.807, 2.05) is 37.2 Å². The van der Waals surface area contributed by atoms with Crippen molar-refractivity contribution in [3.8, 4) is 85.8 Å². The molecule has 6 aromatic heterocycles. The van der Waals surface area contributed by atoms with Crippen LogP contribution in [0.2, 0.25) is 0 Å². The van der Waals surface area contributed by atoms with Crippen LogP contribution in [0, 0.1) is 75.5 Å². The topological polar surface area (TPSA) is 149 Å². The van der Waals surface area contributed by atoms with Crippen molar-refractivity contribution >= 4 is 0 Å². The van der Waals surface area contributed by atoms with Crippen LogP contribution in [-0.4, -0.2) is 29.9 Å². The van der Waals surface area contributed by atoms with Gasteiger partial charge in [0, 0.05) is 91.3 Å². The van der Waals surface area contributed by atoms with Gasteiger partial charge >= 0.3 is 17.1 Å². The minimum Gasteiger partial charge on any atom is -1.00 e. The molecule has 0 aliphatic rings. The summed E-state index contributed by atoms with van der Waals surface area (Å²) >= 11 is 0. The standard InChI is InChI=1S/C42H36N6.3C2H3N.ClH.Cu/c1-25-7-13-31(43-19-25)37-38(32-14-8-26(2)20-44-32)40(34-16-10-28(4)22-46-34)42(36-18-12-30(6)24-48-36)41(35-17-11-29(5)23-47-35)39(37)33-15-9-27(3)21-45-33;3*1-2-3;;/h7-24H,1-6H3;3*1H3;1H;/q;;;;;+1/p-1. The molecule has 0 saturated heterocycles. The van der Waals surface area contributed by atoms with Crippen LogP contribution in [0.25, 0.3) is 67.5 Å². The maximum atomic E-state index is 7.32. The summed E-state index contributed by atoms with van der Waals surface area (Å²) in [5.74, 6) is 0. The van der Waals surface area contributed by atoms with Gasteiger partial charge in [0.25, 0.3) is 0 Å². The second-order valence-electron chi connectivity index (χ2n) is 13.2. The number of aryl methyl sites for hydroxylation is 6. The molecule has 0 N–H and O–H groups in total. The van der Waals surface area contributed by atoms with E-state index >= 15 is 0 Å². The molecule has 59 heavy (non-hydrogen) atoms. The molecule has 9 nitrogen and oxygen atoms in total. The molecule has 0 unspecified atom stereocenters. The van der Waals surface area contributed by atoms with Crippen LogP contribution in [0.1, 0.15) is 54.2 Å². The average molecular weight is 847 g/mol. The molecule has 0 aliphatic carbocycles. The summed E-state index contributed by atoms with van der Waals surface area (Å²) < 4.78 is 0. The van der Waals surface area contributed by atoms with Crippen molar-refractivity contribution in [2.45, 2.75) is 62.3 Å². The summed E-state index contributed by atoms with van der Waals surface area (Å²) in [6.07, 6.45) is 11.5. The van der Waals surface area contributed by atoms with E-state index in [4.69, 9.17) is 45.7 Å². The zero-order chi connectivity index (χ0) is 41.5. The normalized spacial score (nSPS) is 9.46. The Kier molecular flexibility index (Phi) is 19.4. The smallest absolute Gasteiger partial charge is 1.00 e. The Balaban J connectivity index is 0.00000100. The van der Waals surface area contributed by atoms with Crippen LogP contribution < -0.4 is 12.4 Å². The second-order valence-corrected chi connectivity index (χ2v) is 13.2. The molecule has 0 amide bonds. The first kappa shape index (κ1) is 48.5. The van der Waals surface area contributed by atoms with Crippen LogP contribution >= 0.6 is 0 Å². The van der Waals surface area contributed by atoms with Crippen molar-refractivity contribution in [2.24, 2.45) is 0 Å². The van der Waals surface area contributed by atoms with Gasteiger partial charge in [-0.2, -0.15) is 15.8 Å². The monoisotopic (exact) mass is 845 g/mol. The molecule has 6 heterocycles. The van der Waals surface area contributed by atoms with Crippen LogP contribution in [-0.2, 0) is 17.1 Å². The number of hydrogen-bond donors (Lipinski definition) is 0. The first-order valence-corrected chi connectivity index (χ1v) is 18.3. The van der Waals surface area contributed by atoms with Gasteiger partial charge in [0.1, 0.15) is 0 Å². The minimum absolute atomic E-state index is 0. The van der Waals surface area contributed by atoms with E-state index in [1.54, 1.807) is 18.2 Å². The zero-order valence-corrected chi connectivity index (χ0v) is 36.3. The van der Waals surface area contributed by atoms with E-state index in [9.17, 15) is 0 Å². The summed E-state index contributed by atoms with van der Waals surface area (Å²) in [6.45, 7) is 16.6. The Morgan fingerprint density at radius 2 is 0.424 bits per heavy atom. The number of nitrogens with zero attached hydrogens (tertiary/aromatic N) is 9. The summed E-state index contributed by atoms with van der Waals surface area (Å²) in [4.78, 5) is 30.3. The molecule has 0 atom stereocenters. The first-order chi connectivity index (χ1) is 27.5. The van der Waals surface area contributed by atoms with Crippen molar-refractivity contribution in [3.05, 3.63) is 143 Å². The van der Waals surface area contributed by atoms with Gasteiger partial charge in [0.05, 0.1) is 52.4 Å². The van der Waals surface area contributed by atoms with E-state index in [-0.39, 0.29) is 29.5 Å². The van der Waals surface area contributed by atoms with Gasteiger partial charge in [-0.15, -0.1) is 0 Å². The Labute approximate surface area is 364 Å². The van der Waals surface area contributed by atoms with Crippen molar-refractivity contribution in [1.29, 1.82) is 15.8 Å². The van der Waals surface area contributed by atoms with Crippen LogP contribution in [0.5, 0.6) is 0 Å². The largest absolute Gasteiger partial charge is 1.00 e. The molecule has 0 saturated carbocycles. The summed E-state index contributed by atoms with van der Waals surface area (Å²) in [5, 5.41) is 22.0. The number of aromatic nitrogens is 6. The van der Waals surface area contributed by atoms with Gasteiger partial charge in [-0.05, 0) is 111 Å². The minimum atomic E-state index is 0. The number of nitriles is 3.